The van der Waals surface area contributed by atoms with Crippen molar-refractivity contribution in [3.05, 3.63) is 34.9 Å². The number of alkyl halides is 2. The summed E-state index contributed by atoms with van der Waals surface area (Å²) in [6.45, 7) is 0. The molecular formula is C13H12F2O2. The van der Waals surface area contributed by atoms with Crippen molar-refractivity contribution in [2.75, 3.05) is 0 Å². The minimum absolute atomic E-state index is 0.338. The van der Waals surface area contributed by atoms with Gasteiger partial charge in [-0.05, 0) is 36.0 Å². The van der Waals surface area contributed by atoms with Crippen LogP contribution in [-0.2, 0) is 23.1 Å². The van der Waals surface area contributed by atoms with Crippen LogP contribution >= 0.6 is 0 Å². The topological polar surface area (TPSA) is 37.3 Å². The lowest BCUT2D eigenvalue weighted by Gasteiger charge is -2.16. The number of carboxylic acid groups (broad SMARTS) is 1. The monoisotopic (exact) mass is 238 g/mol. The van der Waals surface area contributed by atoms with Gasteiger partial charge in [-0.25, -0.2) is 8.78 Å². The van der Waals surface area contributed by atoms with Crippen LogP contribution in [0.2, 0.25) is 0 Å². The summed E-state index contributed by atoms with van der Waals surface area (Å²) in [5.74, 6) is -4.50. The summed E-state index contributed by atoms with van der Waals surface area (Å²) in [6.07, 6.45) is 1.94. The first kappa shape index (κ1) is 10.7. The fourth-order valence-corrected chi connectivity index (χ4v) is 2.95. The van der Waals surface area contributed by atoms with E-state index in [1.807, 2.05) is 6.07 Å². The zero-order valence-electron chi connectivity index (χ0n) is 9.17. The lowest BCUT2D eigenvalue weighted by atomic mass is 9.89. The van der Waals surface area contributed by atoms with Crippen LogP contribution in [0.1, 0.15) is 29.5 Å². The van der Waals surface area contributed by atoms with Gasteiger partial charge in [-0.1, -0.05) is 18.2 Å². The molecule has 2 aliphatic rings. The van der Waals surface area contributed by atoms with E-state index in [-0.39, 0.29) is 0 Å². The molecule has 3 rings (SSSR count). The molecule has 90 valence electrons. The van der Waals surface area contributed by atoms with Crippen molar-refractivity contribution in [2.24, 2.45) is 0 Å². The van der Waals surface area contributed by atoms with Crippen molar-refractivity contribution in [3.8, 4) is 0 Å². The van der Waals surface area contributed by atoms with E-state index in [9.17, 15) is 13.6 Å². The van der Waals surface area contributed by atoms with Crippen LogP contribution in [0, 0.1) is 0 Å². The molecule has 1 aromatic rings. The molecule has 0 heterocycles. The predicted molar refractivity (Wildman–Crippen MR) is 57.3 cm³/mol. The Hall–Kier alpha value is -1.45. The Balaban J connectivity index is 2.17. The second-order valence-electron chi connectivity index (χ2n) is 4.89. The van der Waals surface area contributed by atoms with Gasteiger partial charge in [0.15, 0.2) is 5.41 Å². The molecule has 2 aliphatic carbocycles. The highest BCUT2D eigenvalue weighted by Gasteiger charge is 2.77. The van der Waals surface area contributed by atoms with E-state index in [4.69, 9.17) is 5.11 Å². The maximum atomic E-state index is 13.5. The normalized spacial score (nSPS) is 28.8. The van der Waals surface area contributed by atoms with Crippen LogP contribution in [0.3, 0.4) is 0 Å². The number of hydrogen-bond acceptors (Lipinski definition) is 1. The van der Waals surface area contributed by atoms with E-state index >= 15 is 0 Å². The highest BCUT2D eigenvalue weighted by Crippen LogP contribution is 2.62. The average Bonchev–Trinajstić information content (AvgIpc) is 2.67. The Labute approximate surface area is 97.3 Å². The first-order valence-electron chi connectivity index (χ1n) is 5.71. The summed E-state index contributed by atoms with van der Waals surface area (Å²) >= 11 is 0. The van der Waals surface area contributed by atoms with E-state index < -0.39 is 23.7 Å². The van der Waals surface area contributed by atoms with Gasteiger partial charge in [-0.3, -0.25) is 4.79 Å². The van der Waals surface area contributed by atoms with Gasteiger partial charge < -0.3 is 5.11 Å². The van der Waals surface area contributed by atoms with E-state index in [1.165, 1.54) is 0 Å². The largest absolute Gasteiger partial charge is 0.480 e. The Morgan fingerprint density at radius 2 is 2.00 bits per heavy atom. The summed E-state index contributed by atoms with van der Waals surface area (Å²) in [7, 11) is 0. The number of halogens is 2. The number of aryl methyl sites for hydroxylation is 1. The molecule has 0 radical (unpaired) electrons. The number of aliphatic carboxylic acids is 1. The molecule has 0 amide bonds. The first-order chi connectivity index (χ1) is 7.99. The molecule has 0 bridgehead atoms. The zero-order chi connectivity index (χ0) is 12.3. The SMILES string of the molecule is O=C(O)C1(c2cccc3c2CCC3)CC1(F)F. The molecule has 0 aromatic heterocycles. The molecular weight excluding hydrogens is 226 g/mol. The van der Waals surface area contributed by atoms with Crippen molar-refractivity contribution in [1.29, 1.82) is 0 Å². The molecule has 0 saturated heterocycles. The van der Waals surface area contributed by atoms with Crippen LogP contribution in [0.15, 0.2) is 18.2 Å². The van der Waals surface area contributed by atoms with Gasteiger partial charge in [0.2, 0.25) is 0 Å². The maximum absolute atomic E-state index is 13.5. The Bertz CT molecular complexity index is 510. The van der Waals surface area contributed by atoms with Crippen molar-refractivity contribution >= 4 is 5.97 Å². The van der Waals surface area contributed by atoms with E-state index in [1.54, 1.807) is 12.1 Å². The molecule has 0 spiro atoms. The van der Waals surface area contributed by atoms with E-state index in [0.717, 1.165) is 30.4 Å². The van der Waals surface area contributed by atoms with Gasteiger partial charge in [0, 0.05) is 6.42 Å². The fraction of sp³-hybridized carbons (Fsp3) is 0.462. The van der Waals surface area contributed by atoms with Crippen molar-refractivity contribution in [3.63, 3.8) is 0 Å². The van der Waals surface area contributed by atoms with Crippen LogP contribution in [0.4, 0.5) is 8.78 Å². The van der Waals surface area contributed by atoms with Gasteiger partial charge in [0.25, 0.3) is 5.92 Å². The van der Waals surface area contributed by atoms with Gasteiger partial charge in [-0.2, -0.15) is 0 Å². The van der Waals surface area contributed by atoms with Crippen molar-refractivity contribution < 1.29 is 18.7 Å². The second kappa shape index (κ2) is 3.06. The summed E-state index contributed by atoms with van der Waals surface area (Å²) in [4.78, 5) is 11.2. The quantitative estimate of drug-likeness (QED) is 0.859. The molecule has 1 fully saturated rings. The third kappa shape index (κ3) is 1.21. The number of rotatable bonds is 2. The standard InChI is InChI=1S/C13H12F2O2/c14-13(15)7-12(13,11(16)17)10-6-2-4-8-3-1-5-9(8)10/h2,4,6H,1,3,5,7H2,(H,16,17). The lowest BCUT2D eigenvalue weighted by Crippen LogP contribution is -2.28. The minimum Gasteiger partial charge on any atom is -0.480 e. The highest BCUT2D eigenvalue weighted by molar-refractivity contribution is 5.88. The highest BCUT2D eigenvalue weighted by atomic mass is 19.3. The van der Waals surface area contributed by atoms with Crippen LogP contribution in [-0.4, -0.2) is 17.0 Å². The van der Waals surface area contributed by atoms with Crippen molar-refractivity contribution in [1.82, 2.24) is 0 Å². The molecule has 2 nitrogen and oxygen atoms in total. The van der Waals surface area contributed by atoms with Gasteiger partial charge in [0.05, 0.1) is 0 Å². The third-order valence-electron chi connectivity index (χ3n) is 3.96. The first-order valence-corrected chi connectivity index (χ1v) is 5.71. The summed E-state index contributed by atoms with van der Waals surface area (Å²) < 4.78 is 27.0. The zero-order valence-corrected chi connectivity index (χ0v) is 9.17. The number of carboxylic acids is 1. The van der Waals surface area contributed by atoms with Gasteiger partial charge in [0.1, 0.15) is 0 Å². The molecule has 1 saturated carbocycles. The number of hydrogen-bond donors (Lipinski definition) is 1. The molecule has 17 heavy (non-hydrogen) atoms. The fourth-order valence-electron chi connectivity index (χ4n) is 2.95. The molecule has 1 N–H and O–H groups in total. The van der Waals surface area contributed by atoms with Gasteiger partial charge in [-0.15, -0.1) is 0 Å². The second-order valence-corrected chi connectivity index (χ2v) is 4.89. The molecule has 0 aliphatic heterocycles. The van der Waals surface area contributed by atoms with E-state index in [2.05, 4.69) is 0 Å². The Morgan fingerprint density at radius 1 is 1.29 bits per heavy atom. The Morgan fingerprint density at radius 3 is 2.59 bits per heavy atom. The number of benzene rings is 1. The molecule has 1 unspecified atom stereocenters. The van der Waals surface area contributed by atoms with E-state index in [0.29, 0.717) is 5.56 Å². The minimum atomic E-state index is -3.10. The molecule has 4 heteroatoms. The van der Waals surface area contributed by atoms with Crippen LogP contribution < -0.4 is 0 Å². The average molecular weight is 238 g/mol. The Kier molecular flexibility index (Phi) is 1.92. The summed E-state index contributed by atoms with van der Waals surface area (Å²) in [6, 6.07) is 5.15. The lowest BCUT2D eigenvalue weighted by molar-refractivity contribution is -0.143. The van der Waals surface area contributed by atoms with Gasteiger partial charge >= 0.3 is 5.97 Å². The number of carbonyl (C=O) groups is 1. The third-order valence-corrected chi connectivity index (χ3v) is 3.96. The molecule has 1 aromatic carbocycles. The molecule has 1 atom stereocenters. The number of fused-ring (bicyclic) bond motifs is 1. The smallest absolute Gasteiger partial charge is 0.320 e. The van der Waals surface area contributed by atoms with Crippen molar-refractivity contribution in [2.45, 2.75) is 37.0 Å². The summed E-state index contributed by atoms with van der Waals surface area (Å²) in [5, 5.41) is 9.14. The van der Waals surface area contributed by atoms with Crippen LogP contribution in [0.25, 0.3) is 0 Å². The van der Waals surface area contributed by atoms with Crippen LogP contribution in [0.5, 0.6) is 0 Å². The summed E-state index contributed by atoms with van der Waals surface area (Å²) in [5.41, 5.74) is 0.255. The predicted octanol–water partition coefficient (Wildman–Crippen LogP) is 2.54. The maximum Gasteiger partial charge on any atom is 0.320 e.